The number of esters is 1. The third kappa shape index (κ3) is 3.67. The second-order valence-electron chi connectivity index (χ2n) is 4.39. The number of sulfonamides is 1. The lowest BCUT2D eigenvalue weighted by molar-refractivity contribution is -0.145. The van der Waals surface area contributed by atoms with Gasteiger partial charge in [0.25, 0.3) is 0 Å². The van der Waals surface area contributed by atoms with Crippen molar-refractivity contribution in [2.45, 2.75) is 37.6 Å². The molecule has 1 rings (SSSR count). The average molecular weight is 279 g/mol. The van der Waals surface area contributed by atoms with Crippen LogP contribution in [0, 0.1) is 0 Å². The minimum absolute atomic E-state index is 0.239. The van der Waals surface area contributed by atoms with Crippen molar-refractivity contribution in [3.05, 3.63) is 0 Å². The first-order valence-electron chi connectivity index (χ1n) is 5.63. The summed E-state index contributed by atoms with van der Waals surface area (Å²) < 4.78 is 29.8. The maximum atomic E-state index is 11.7. The largest absolute Gasteiger partial charge is 0.480 e. The number of aliphatic carboxylic acids is 1. The molecule has 0 aromatic rings. The molecule has 0 aromatic carbocycles. The Morgan fingerprint density at radius 2 is 1.83 bits per heavy atom. The number of carbonyl (C=O) groups is 2. The quantitative estimate of drug-likeness (QED) is 0.678. The van der Waals surface area contributed by atoms with Crippen molar-refractivity contribution in [1.82, 2.24) is 4.72 Å². The van der Waals surface area contributed by atoms with E-state index in [0.717, 1.165) is 13.5 Å². The van der Waals surface area contributed by atoms with Gasteiger partial charge in [-0.25, -0.2) is 8.42 Å². The molecule has 0 radical (unpaired) electrons. The van der Waals surface area contributed by atoms with Crippen molar-refractivity contribution in [3.63, 3.8) is 0 Å². The summed E-state index contributed by atoms with van der Waals surface area (Å²) in [4.78, 5) is 22.2. The van der Waals surface area contributed by atoms with Crippen LogP contribution in [0.15, 0.2) is 0 Å². The highest BCUT2D eigenvalue weighted by Gasteiger charge is 2.43. The number of hydrogen-bond acceptors (Lipinski definition) is 5. The van der Waals surface area contributed by atoms with Gasteiger partial charge in [0.1, 0.15) is 5.54 Å². The maximum Gasteiger partial charge on any atom is 0.324 e. The van der Waals surface area contributed by atoms with Gasteiger partial charge in [0.15, 0.2) is 5.75 Å². The van der Waals surface area contributed by atoms with E-state index in [1.165, 1.54) is 0 Å². The van der Waals surface area contributed by atoms with Gasteiger partial charge in [-0.2, -0.15) is 4.72 Å². The summed E-state index contributed by atoms with van der Waals surface area (Å²) in [5.41, 5.74) is -1.48. The molecule has 0 bridgehead atoms. The number of carboxylic acid groups (broad SMARTS) is 1. The molecule has 0 atom stereocenters. The summed E-state index contributed by atoms with van der Waals surface area (Å²) in [5, 5.41) is 9.20. The molecule has 18 heavy (non-hydrogen) atoms. The molecule has 0 aromatic heterocycles. The highest BCUT2D eigenvalue weighted by molar-refractivity contribution is 7.90. The summed E-state index contributed by atoms with van der Waals surface area (Å²) in [6, 6.07) is 0. The summed E-state index contributed by atoms with van der Waals surface area (Å²) in [5.74, 6) is -2.98. The third-order valence-electron chi connectivity index (χ3n) is 3.00. The van der Waals surface area contributed by atoms with Crippen molar-refractivity contribution in [2.75, 3.05) is 12.9 Å². The number of methoxy groups -OCH3 is 1. The van der Waals surface area contributed by atoms with Crippen LogP contribution in [0.1, 0.15) is 32.1 Å². The molecule has 0 unspecified atom stereocenters. The van der Waals surface area contributed by atoms with Crippen LogP contribution in [0.2, 0.25) is 0 Å². The van der Waals surface area contributed by atoms with Gasteiger partial charge < -0.3 is 9.84 Å². The Morgan fingerprint density at radius 3 is 2.28 bits per heavy atom. The fourth-order valence-corrected chi connectivity index (χ4v) is 3.45. The maximum absolute atomic E-state index is 11.7. The van der Waals surface area contributed by atoms with Gasteiger partial charge in [-0.1, -0.05) is 19.3 Å². The van der Waals surface area contributed by atoms with E-state index in [1.807, 2.05) is 0 Å². The van der Waals surface area contributed by atoms with Crippen LogP contribution < -0.4 is 4.72 Å². The molecule has 104 valence electrons. The summed E-state index contributed by atoms with van der Waals surface area (Å²) >= 11 is 0. The molecular weight excluding hydrogens is 262 g/mol. The van der Waals surface area contributed by atoms with Crippen molar-refractivity contribution < 1.29 is 27.9 Å². The van der Waals surface area contributed by atoms with E-state index in [0.29, 0.717) is 12.8 Å². The minimum Gasteiger partial charge on any atom is -0.480 e. The van der Waals surface area contributed by atoms with Crippen LogP contribution in [0.25, 0.3) is 0 Å². The lowest BCUT2D eigenvalue weighted by Gasteiger charge is -2.33. The first-order valence-corrected chi connectivity index (χ1v) is 7.28. The molecule has 1 saturated carbocycles. The fourth-order valence-electron chi connectivity index (χ4n) is 2.06. The van der Waals surface area contributed by atoms with E-state index in [-0.39, 0.29) is 12.8 Å². The molecule has 0 heterocycles. The zero-order valence-electron chi connectivity index (χ0n) is 10.1. The Balaban J connectivity index is 2.84. The highest BCUT2D eigenvalue weighted by Crippen LogP contribution is 2.29. The third-order valence-corrected chi connectivity index (χ3v) is 4.32. The van der Waals surface area contributed by atoms with Crippen molar-refractivity contribution in [1.29, 1.82) is 0 Å². The zero-order valence-corrected chi connectivity index (χ0v) is 11.0. The normalized spacial score (nSPS) is 19.2. The second kappa shape index (κ2) is 5.66. The first kappa shape index (κ1) is 14.9. The first-order chi connectivity index (χ1) is 8.31. The van der Waals surface area contributed by atoms with Gasteiger partial charge in [0, 0.05) is 0 Å². The van der Waals surface area contributed by atoms with Crippen LogP contribution in [-0.2, 0) is 24.3 Å². The second-order valence-corrected chi connectivity index (χ2v) is 6.11. The van der Waals surface area contributed by atoms with Crippen LogP contribution in [0.5, 0.6) is 0 Å². The van der Waals surface area contributed by atoms with Crippen LogP contribution in [-0.4, -0.2) is 43.9 Å². The monoisotopic (exact) mass is 279 g/mol. The summed E-state index contributed by atoms with van der Waals surface area (Å²) in [6.07, 6.45) is 2.65. The predicted octanol–water partition coefficient (Wildman–Crippen LogP) is -0.134. The van der Waals surface area contributed by atoms with Crippen LogP contribution >= 0.6 is 0 Å². The average Bonchev–Trinajstić information content (AvgIpc) is 2.28. The minimum atomic E-state index is -4.00. The number of rotatable bonds is 5. The molecule has 2 N–H and O–H groups in total. The van der Waals surface area contributed by atoms with Gasteiger partial charge >= 0.3 is 11.9 Å². The summed E-state index contributed by atoms with van der Waals surface area (Å²) in [6.45, 7) is 0. The van der Waals surface area contributed by atoms with E-state index in [9.17, 15) is 23.1 Å². The predicted molar refractivity (Wildman–Crippen MR) is 62.4 cm³/mol. The number of nitrogens with one attached hydrogen (secondary N) is 1. The Kier molecular flexibility index (Phi) is 4.69. The van der Waals surface area contributed by atoms with Gasteiger partial charge in [-0.05, 0) is 12.8 Å². The number of carboxylic acids is 1. The van der Waals surface area contributed by atoms with Gasteiger partial charge in [0.05, 0.1) is 7.11 Å². The van der Waals surface area contributed by atoms with E-state index < -0.39 is 33.3 Å². The highest BCUT2D eigenvalue weighted by atomic mass is 32.2. The van der Waals surface area contributed by atoms with Crippen LogP contribution in [0.3, 0.4) is 0 Å². The molecule has 0 spiro atoms. The van der Waals surface area contributed by atoms with Crippen molar-refractivity contribution >= 4 is 22.0 Å². The summed E-state index contributed by atoms with van der Waals surface area (Å²) in [7, 11) is -2.93. The Morgan fingerprint density at radius 1 is 1.28 bits per heavy atom. The smallest absolute Gasteiger partial charge is 0.324 e. The van der Waals surface area contributed by atoms with E-state index >= 15 is 0 Å². The fraction of sp³-hybridized carbons (Fsp3) is 0.800. The SMILES string of the molecule is COC(=O)CS(=O)(=O)NC1(C(=O)O)CCCCC1. The van der Waals surface area contributed by atoms with Crippen LogP contribution in [0.4, 0.5) is 0 Å². The lowest BCUT2D eigenvalue weighted by Crippen LogP contribution is -2.56. The zero-order chi connectivity index (χ0) is 13.8. The molecule has 8 heteroatoms. The molecular formula is C10H17NO6S. The molecule has 0 saturated heterocycles. The number of carbonyl (C=O) groups excluding carboxylic acids is 1. The molecule has 7 nitrogen and oxygen atoms in total. The molecule has 0 amide bonds. The van der Waals surface area contributed by atoms with Crippen molar-refractivity contribution in [3.8, 4) is 0 Å². The van der Waals surface area contributed by atoms with Gasteiger partial charge in [-0.3, -0.25) is 9.59 Å². The molecule has 0 aliphatic heterocycles. The van der Waals surface area contributed by atoms with E-state index in [4.69, 9.17) is 0 Å². The Hall–Kier alpha value is -1.15. The van der Waals surface area contributed by atoms with Crippen molar-refractivity contribution in [2.24, 2.45) is 0 Å². The van der Waals surface area contributed by atoms with Gasteiger partial charge in [0.2, 0.25) is 10.0 Å². The number of ether oxygens (including phenoxy) is 1. The number of hydrogen-bond donors (Lipinski definition) is 2. The molecule has 1 aliphatic carbocycles. The molecule has 1 aliphatic rings. The lowest BCUT2D eigenvalue weighted by atomic mass is 9.83. The molecule has 1 fully saturated rings. The van der Waals surface area contributed by atoms with E-state index in [1.54, 1.807) is 0 Å². The topological polar surface area (TPSA) is 110 Å². The van der Waals surface area contributed by atoms with E-state index in [2.05, 4.69) is 9.46 Å². The standard InChI is InChI=1S/C10H17NO6S/c1-17-8(12)7-18(15,16)11-10(9(13)14)5-3-2-4-6-10/h11H,2-7H2,1H3,(H,13,14). The van der Waals surface area contributed by atoms with Gasteiger partial charge in [-0.15, -0.1) is 0 Å². The Bertz CT molecular complexity index is 424. The Labute approximate surface area is 106 Å².